The third-order valence-electron chi connectivity index (χ3n) is 0.868. The van der Waals surface area contributed by atoms with E-state index in [0.717, 1.165) is 0 Å². The molecule has 46 valence electrons. The monoisotopic (exact) mass is 114 g/mol. The lowest BCUT2D eigenvalue weighted by molar-refractivity contribution is 0.318. The van der Waals surface area contributed by atoms with Crippen LogP contribution < -0.4 is 0 Å². The topological polar surface area (TPSA) is 40.5 Å². The fourth-order valence-electron chi connectivity index (χ4n) is 0.255. The molecule has 0 radical (unpaired) electrons. The summed E-state index contributed by atoms with van der Waals surface area (Å²) < 4.78 is 0. The Hall–Kier alpha value is -0.760. The molecule has 2 nitrogen and oxygen atoms in total. The minimum Gasteiger partial charge on any atom is -0.508 e. The molecule has 0 heterocycles. The normalized spacial score (nSPS) is 12.8. The minimum atomic E-state index is -0.113. The van der Waals surface area contributed by atoms with Gasteiger partial charge in [-0.3, -0.25) is 0 Å². The molecule has 0 aromatic carbocycles. The molecule has 8 heavy (non-hydrogen) atoms. The quantitative estimate of drug-likeness (QED) is 0.415. The van der Waals surface area contributed by atoms with E-state index in [4.69, 9.17) is 10.2 Å². The van der Waals surface area contributed by atoms with Crippen LogP contribution in [0.4, 0.5) is 0 Å². The van der Waals surface area contributed by atoms with Crippen LogP contribution in [0.5, 0.6) is 0 Å². The van der Waals surface area contributed by atoms with Gasteiger partial charge in [-0.2, -0.15) is 0 Å². The van der Waals surface area contributed by atoms with Crippen LogP contribution in [-0.4, -0.2) is 16.8 Å². The van der Waals surface area contributed by atoms with Gasteiger partial charge in [0, 0.05) is 0 Å². The SMILES string of the molecule is C=C/C(O)=C(\C)CO. The summed E-state index contributed by atoms with van der Waals surface area (Å²) in [6.07, 6.45) is 1.30. The van der Waals surface area contributed by atoms with E-state index < -0.39 is 0 Å². The summed E-state index contributed by atoms with van der Waals surface area (Å²) >= 11 is 0. The molecule has 0 fully saturated rings. The van der Waals surface area contributed by atoms with E-state index in [9.17, 15) is 0 Å². The smallest absolute Gasteiger partial charge is 0.116 e. The van der Waals surface area contributed by atoms with Crippen LogP contribution in [0, 0.1) is 0 Å². The zero-order valence-corrected chi connectivity index (χ0v) is 4.89. The first-order valence-corrected chi connectivity index (χ1v) is 2.34. The number of aliphatic hydroxyl groups is 2. The summed E-state index contributed by atoms with van der Waals surface area (Å²) in [7, 11) is 0. The fourth-order valence-corrected chi connectivity index (χ4v) is 0.255. The average Bonchev–Trinajstić information content (AvgIpc) is 1.84. The molecule has 0 aliphatic heterocycles. The van der Waals surface area contributed by atoms with Gasteiger partial charge in [0.05, 0.1) is 6.61 Å². The van der Waals surface area contributed by atoms with Crippen molar-refractivity contribution in [2.45, 2.75) is 6.92 Å². The van der Waals surface area contributed by atoms with E-state index in [0.29, 0.717) is 5.57 Å². The third-order valence-corrected chi connectivity index (χ3v) is 0.868. The largest absolute Gasteiger partial charge is 0.508 e. The van der Waals surface area contributed by atoms with Crippen molar-refractivity contribution in [1.82, 2.24) is 0 Å². The standard InChI is InChI=1S/C6H10O2/c1-3-6(8)5(2)4-7/h3,7-8H,1,4H2,2H3/b6-5-. The Bertz CT molecular complexity index is 114. The molecule has 0 bridgehead atoms. The second-order valence-electron chi connectivity index (χ2n) is 1.53. The number of rotatable bonds is 2. The minimum absolute atomic E-state index is 0.0625. The molecule has 2 heteroatoms. The van der Waals surface area contributed by atoms with Crippen molar-refractivity contribution in [3.63, 3.8) is 0 Å². The third kappa shape index (κ3) is 1.80. The second kappa shape index (κ2) is 3.27. The number of hydrogen-bond donors (Lipinski definition) is 2. The van der Waals surface area contributed by atoms with Crippen LogP contribution in [0.2, 0.25) is 0 Å². The van der Waals surface area contributed by atoms with Crippen molar-refractivity contribution in [3.05, 3.63) is 24.0 Å². The number of hydrogen-bond acceptors (Lipinski definition) is 2. The van der Waals surface area contributed by atoms with Gasteiger partial charge in [-0.25, -0.2) is 0 Å². The van der Waals surface area contributed by atoms with E-state index in [1.54, 1.807) is 6.92 Å². The van der Waals surface area contributed by atoms with Gasteiger partial charge in [-0.15, -0.1) is 0 Å². The highest BCUT2D eigenvalue weighted by Gasteiger charge is 1.90. The Kier molecular flexibility index (Phi) is 2.96. The van der Waals surface area contributed by atoms with Crippen molar-refractivity contribution < 1.29 is 10.2 Å². The summed E-state index contributed by atoms with van der Waals surface area (Å²) in [6.45, 7) is 4.83. The van der Waals surface area contributed by atoms with Gasteiger partial charge in [0.25, 0.3) is 0 Å². The Labute approximate surface area is 48.8 Å². The van der Waals surface area contributed by atoms with Crippen molar-refractivity contribution in [1.29, 1.82) is 0 Å². The summed E-state index contributed by atoms with van der Waals surface area (Å²) in [5, 5.41) is 17.1. The fraction of sp³-hybridized carbons (Fsp3) is 0.333. The Morgan fingerprint density at radius 1 is 1.75 bits per heavy atom. The maximum Gasteiger partial charge on any atom is 0.116 e. The van der Waals surface area contributed by atoms with Gasteiger partial charge in [-0.1, -0.05) is 6.58 Å². The average molecular weight is 114 g/mol. The first-order valence-electron chi connectivity index (χ1n) is 2.34. The predicted molar refractivity (Wildman–Crippen MR) is 32.6 cm³/mol. The molecule has 0 aromatic heterocycles. The molecule has 0 saturated heterocycles. The molecule has 0 spiro atoms. The van der Waals surface area contributed by atoms with Crippen molar-refractivity contribution in [2.24, 2.45) is 0 Å². The molecule has 0 amide bonds. The lowest BCUT2D eigenvalue weighted by atomic mass is 10.3. The Morgan fingerprint density at radius 2 is 2.25 bits per heavy atom. The molecular weight excluding hydrogens is 104 g/mol. The van der Waals surface area contributed by atoms with Gasteiger partial charge >= 0.3 is 0 Å². The van der Waals surface area contributed by atoms with Crippen molar-refractivity contribution in [2.75, 3.05) is 6.61 Å². The van der Waals surface area contributed by atoms with Crippen LogP contribution in [-0.2, 0) is 0 Å². The first kappa shape index (κ1) is 7.24. The molecule has 0 rings (SSSR count). The van der Waals surface area contributed by atoms with Crippen LogP contribution in [0.15, 0.2) is 24.0 Å². The molecule has 2 N–H and O–H groups in total. The molecule has 0 unspecified atom stereocenters. The van der Waals surface area contributed by atoms with Gasteiger partial charge in [0.1, 0.15) is 5.76 Å². The van der Waals surface area contributed by atoms with Crippen LogP contribution in [0.1, 0.15) is 6.92 Å². The molecule has 0 aliphatic rings. The van der Waals surface area contributed by atoms with E-state index in [1.807, 2.05) is 0 Å². The summed E-state index contributed by atoms with van der Waals surface area (Å²) in [5.74, 6) is 0.0625. The second-order valence-corrected chi connectivity index (χ2v) is 1.53. The number of allylic oxidation sites excluding steroid dienone is 1. The van der Waals surface area contributed by atoms with Crippen LogP contribution in [0.25, 0.3) is 0 Å². The molecule has 0 atom stereocenters. The van der Waals surface area contributed by atoms with Gasteiger partial charge in [0.15, 0.2) is 0 Å². The summed E-state index contributed by atoms with van der Waals surface area (Å²) in [6, 6.07) is 0. The maximum absolute atomic E-state index is 8.73. The molecule has 0 aromatic rings. The lowest BCUT2D eigenvalue weighted by Gasteiger charge is -1.94. The molecule has 0 aliphatic carbocycles. The van der Waals surface area contributed by atoms with Gasteiger partial charge in [-0.05, 0) is 18.6 Å². The lowest BCUT2D eigenvalue weighted by Crippen LogP contribution is -1.88. The van der Waals surface area contributed by atoms with Gasteiger partial charge < -0.3 is 10.2 Å². The molecular formula is C6H10O2. The van der Waals surface area contributed by atoms with Crippen molar-refractivity contribution in [3.8, 4) is 0 Å². The zero-order valence-electron chi connectivity index (χ0n) is 4.89. The maximum atomic E-state index is 8.73. The Balaban J connectivity index is 4.03. The highest BCUT2D eigenvalue weighted by Crippen LogP contribution is 1.97. The predicted octanol–water partition coefficient (Wildman–Crippen LogP) is 0.997. The van der Waals surface area contributed by atoms with E-state index in [2.05, 4.69) is 6.58 Å². The Morgan fingerprint density at radius 3 is 2.38 bits per heavy atom. The van der Waals surface area contributed by atoms with E-state index >= 15 is 0 Å². The summed E-state index contributed by atoms with van der Waals surface area (Å²) in [5.41, 5.74) is 0.542. The van der Waals surface area contributed by atoms with E-state index in [-0.39, 0.29) is 12.4 Å². The zero-order chi connectivity index (χ0) is 6.57. The highest BCUT2D eigenvalue weighted by molar-refractivity contribution is 5.14. The van der Waals surface area contributed by atoms with Crippen LogP contribution >= 0.6 is 0 Å². The van der Waals surface area contributed by atoms with Crippen molar-refractivity contribution >= 4 is 0 Å². The van der Waals surface area contributed by atoms with Crippen LogP contribution in [0.3, 0.4) is 0 Å². The summed E-state index contributed by atoms with van der Waals surface area (Å²) in [4.78, 5) is 0. The van der Waals surface area contributed by atoms with E-state index in [1.165, 1.54) is 6.08 Å². The van der Waals surface area contributed by atoms with Gasteiger partial charge in [0.2, 0.25) is 0 Å². The highest BCUT2D eigenvalue weighted by atomic mass is 16.3. The number of aliphatic hydroxyl groups excluding tert-OH is 2. The molecule has 0 saturated carbocycles. The first-order chi connectivity index (χ1) is 3.72.